The summed E-state index contributed by atoms with van der Waals surface area (Å²) in [5.74, 6) is 0.739. The van der Waals surface area contributed by atoms with E-state index in [0.717, 1.165) is 0 Å². The van der Waals surface area contributed by atoms with Crippen molar-refractivity contribution in [2.24, 2.45) is 18.7 Å². The molecule has 18 heavy (non-hydrogen) atoms. The van der Waals surface area contributed by atoms with Gasteiger partial charge in [0.1, 0.15) is 5.69 Å². The van der Waals surface area contributed by atoms with Crippen LogP contribution in [0.5, 0.6) is 0 Å². The largest absolute Gasteiger partial charge is 0.363 e. The average Bonchev–Trinajstić information content (AvgIpc) is 2.62. The molecule has 0 saturated heterocycles. The zero-order chi connectivity index (χ0) is 13.9. The Bertz CT molecular complexity index is 427. The monoisotopic (exact) mass is 255 g/mol. The molecule has 1 unspecified atom stereocenters. The van der Waals surface area contributed by atoms with Gasteiger partial charge in [0.15, 0.2) is 0 Å². The highest BCUT2D eigenvalue weighted by Gasteiger charge is 2.25. The second-order valence-corrected chi connectivity index (χ2v) is 4.67. The van der Waals surface area contributed by atoms with Crippen molar-refractivity contribution in [3.63, 3.8) is 0 Å². The first-order valence-corrected chi connectivity index (χ1v) is 6.08. The normalized spacial score (nSPS) is 12.8. The van der Waals surface area contributed by atoms with Crippen molar-refractivity contribution < 1.29 is 4.92 Å². The maximum absolute atomic E-state index is 11.1. The number of nitrogens with zero attached hydrogens (tertiary/aromatic N) is 3. The van der Waals surface area contributed by atoms with Crippen LogP contribution in [-0.2, 0) is 13.5 Å². The summed E-state index contributed by atoms with van der Waals surface area (Å²) in [6.45, 7) is 6.36. The van der Waals surface area contributed by atoms with E-state index >= 15 is 0 Å². The number of anilines is 1. The molecular weight excluding hydrogens is 234 g/mol. The van der Waals surface area contributed by atoms with Crippen molar-refractivity contribution in [2.45, 2.75) is 33.2 Å². The van der Waals surface area contributed by atoms with E-state index in [4.69, 9.17) is 5.73 Å². The molecule has 0 spiro atoms. The van der Waals surface area contributed by atoms with Crippen molar-refractivity contribution >= 4 is 11.5 Å². The molecule has 7 nitrogen and oxygen atoms in total. The predicted molar refractivity (Wildman–Crippen MR) is 70.5 cm³/mol. The molecule has 1 atom stereocenters. The van der Waals surface area contributed by atoms with Gasteiger partial charge in [0.05, 0.1) is 4.92 Å². The van der Waals surface area contributed by atoms with E-state index in [1.54, 1.807) is 7.05 Å². The van der Waals surface area contributed by atoms with Gasteiger partial charge in [-0.25, -0.2) is 4.68 Å². The second kappa shape index (κ2) is 5.81. The van der Waals surface area contributed by atoms with E-state index in [1.165, 1.54) is 4.68 Å². The van der Waals surface area contributed by atoms with Crippen LogP contribution in [0.25, 0.3) is 0 Å². The fourth-order valence-electron chi connectivity index (χ4n) is 1.65. The average molecular weight is 255 g/mol. The van der Waals surface area contributed by atoms with E-state index in [9.17, 15) is 10.1 Å². The molecular formula is C11H21N5O2. The summed E-state index contributed by atoms with van der Waals surface area (Å²) < 4.78 is 1.50. The Balaban J connectivity index is 2.94. The molecule has 1 heterocycles. The van der Waals surface area contributed by atoms with Crippen molar-refractivity contribution in [3.8, 4) is 0 Å². The lowest BCUT2D eigenvalue weighted by Gasteiger charge is -2.16. The number of rotatable bonds is 6. The Hall–Kier alpha value is -1.63. The molecule has 102 valence electrons. The van der Waals surface area contributed by atoms with Crippen LogP contribution in [0.1, 0.15) is 26.5 Å². The number of aryl methyl sites for hydroxylation is 2. The van der Waals surface area contributed by atoms with Crippen LogP contribution in [0.2, 0.25) is 0 Å². The van der Waals surface area contributed by atoms with Crippen molar-refractivity contribution in [2.75, 3.05) is 11.9 Å². The Morgan fingerprint density at radius 1 is 1.56 bits per heavy atom. The fraction of sp³-hybridized carbons (Fsp3) is 0.727. The van der Waals surface area contributed by atoms with E-state index < -0.39 is 4.92 Å². The molecule has 3 N–H and O–H groups in total. The highest BCUT2D eigenvalue weighted by atomic mass is 16.6. The Morgan fingerprint density at radius 2 is 2.17 bits per heavy atom. The summed E-state index contributed by atoms with van der Waals surface area (Å²) in [5.41, 5.74) is 6.46. The van der Waals surface area contributed by atoms with Crippen LogP contribution in [0, 0.1) is 16.0 Å². The fourth-order valence-corrected chi connectivity index (χ4v) is 1.65. The molecule has 0 aliphatic rings. The number of nitrogens with two attached hydrogens (primary N) is 1. The third kappa shape index (κ3) is 2.98. The lowest BCUT2D eigenvalue weighted by molar-refractivity contribution is -0.384. The van der Waals surface area contributed by atoms with Gasteiger partial charge in [-0.1, -0.05) is 20.8 Å². The van der Waals surface area contributed by atoms with Crippen molar-refractivity contribution in [1.82, 2.24) is 9.78 Å². The quantitative estimate of drug-likeness (QED) is 0.589. The highest BCUT2D eigenvalue weighted by molar-refractivity contribution is 5.59. The standard InChI is InChI=1S/C11H21N5O2/c1-5-9-10(16(17)18)11(15(4)14-9)13-6-8(12)7(2)3/h7-8,13H,5-6,12H2,1-4H3. The summed E-state index contributed by atoms with van der Waals surface area (Å²) in [7, 11) is 1.69. The lowest BCUT2D eigenvalue weighted by atomic mass is 10.1. The van der Waals surface area contributed by atoms with Gasteiger partial charge in [0.2, 0.25) is 5.82 Å². The molecule has 0 amide bonds. The molecule has 0 radical (unpaired) electrons. The molecule has 1 aromatic heterocycles. The van der Waals surface area contributed by atoms with Crippen LogP contribution in [0.15, 0.2) is 0 Å². The summed E-state index contributed by atoms with van der Waals surface area (Å²) in [6.07, 6.45) is 0.530. The summed E-state index contributed by atoms with van der Waals surface area (Å²) in [6, 6.07) is -0.0513. The summed E-state index contributed by atoms with van der Waals surface area (Å²) >= 11 is 0. The Kier molecular flexibility index (Phi) is 4.66. The number of nitrogens with one attached hydrogen (secondary N) is 1. The number of aromatic nitrogens is 2. The molecule has 7 heteroatoms. The topological polar surface area (TPSA) is 99.0 Å². The predicted octanol–water partition coefficient (Wildman–Crippen LogP) is 1.29. The van der Waals surface area contributed by atoms with Crippen LogP contribution in [-0.4, -0.2) is 27.3 Å². The van der Waals surface area contributed by atoms with Crippen LogP contribution < -0.4 is 11.1 Å². The van der Waals surface area contributed by atoms with Gasteiger partial charge in [-0.15, -0.1) is 0 Å². The second-order valence-electron chi connectivity index (χ2n) is 4.67. The number of hydrogen-bond acceptors (Lipinski definition) is 5. The maximum Gasteiger partial charge on any atom is 0.333 e. The molecule has 0 aliphatic carbocycles. The van der Waals surface area contributed by atoms with Gasteiger partial charge in [-0.3, -0.25) is 10.1 Å². The van der Waals surface area contributed by atoms with Crippen LogP contribution >= 0.6 is 0 Å². The molecule has 1 rings (SSSR count). The van der Waals surface area contributed by atoms with Gasteiger partial charge in [0, 0.05) is 19.6 Å². The van der Waals surface area contributed by atoms with Gasteiger partial charge in [0.25, 0.3) is 0 Å². The van der Waals surface area contributed by atoms with Gasteiger partial charge in [-0.05, 0) is 12.3 Å². The minimum absolute atomic E-state index is 0.0513. The van der Waals surface area contributed by atoms with Crippen LogP contribution in [0.3, 0.4) is 0 Å². The SMILES string of the molecule is CCc1nn(C)c(NCC(N)C(C)C)c1[N+](=O)[O-]. The third-order valence-corrected chi connectivity index (χ3v) is 2.97. The zero-order valence-corrected chi connectivity index (χ0v) is 11.3. The van der Waals surface area contributed by atoms with E-state index in [-0.39, 0.29) is 11.7 Å². The number of hydrogen-bond donors (Lipinski definition) is 2. The van der Waals surface area contributed by atoms with Crippen molar-refractivity contribution in [1.29, 1.82) is 0 Å². The van der Waals surface area contributed by atoms with Gasteiger partial charge >= 0.3 is 5.69 Å². The molecule has 1 aromatic rings. The smallest absolute Gasteiger partial charge is 0.333 e. The van der Waals surface area contributed by atoms with Gasteiger partial charge < -0.3 is 11.1 Å². The minimum Gasteiger partial charge on any atom is -0.363 e. The van der Waals surface area contributed by atoms with E-state index in [1.807, 2.05) is 20.8 Å². The minimum atomic E-state index is -0.394. The third-order valence-electron chi connectivity index (χ3n) is 2.97. The first kappa shape index (κ1) is 14.4. The maximum atomic E-state index is 11.1. The molecule has 0 bridgehead atoms. The van der Waals surface area contributed by atoms with E-state index in [0.29, 0.717) is 30.4 Å². The number of nitro groups is 1. The van der Waals surface area contributed by atoms with E-state index in [2.05, 4.69) is 10.4 Å². The molecule has 0 saturated carbocycles. The lowest BCUT2D eigenvalue weighted by Crippen LogP contribution is -2.34. The zero-order valence-electron chi connectivity index (χ0n) is 11.3. The van der Waals surface area contributed by atoms with Gasteiger partial charge in [-0.2, -0.15) is 5.10 Å². The first-order valence-electron chi connectivity index (χ1n) is 6.08. The van der Waals surface area contributed by atoms with Crippen molar-refractivity contribution in [3.05, 3.63) is 15.8 Å². The van der Waals surface area contributed by atoms with Crippen LogP contribution in [0.4, 0.5) is 11.5 Å². The first-order chi connectivity index (χ1) is 8.38. The highest BCUT2D eigenvalue weighted by Crippen LogP contribution is 2.28. The Labute approximate surface area is 107 Å². The summed E-state index contributed by atoms with van der Waals surface area (Å²) in [4.78, 5) is 10.7. The molecule has 0 aliphatic heterocycles. The summed E-state index contributed by atoms with van der Waals surface area (Å²) in [5, 5.41) is 18.3. The molecule has 0 aromatic carbocycles. The molecule has 0 fully saturated rings. The Morgan fingerprint density at radius 3 is 2.61 bits per heavy atom.